The first kappa shape index (κ1) is 11.2. The smallest absolute Gasteiger partial charge is 0.269 e. The minimum atomic E-state index is -0.395. The predicted molar refractivity (Wildman–Crippen MR) is 65.3 cm³/mol. The van der Waals surface area contributed by atoms with Crippen LogP contribution in [0, 0.1) is 10.1 Å². The topological polar surface area (TPSA) is 60.1 Å². The van der Waals surface area contributed by atoms with E-state index in [4.69, 9.17) is 0 Å². The van der Waals surface area contributed by atoms with Crippen LogP contribution in [0.2, 0.25) is 0 Å². The van der Waals surface area contributed by atoms with Gasteiger partial charge < -0.3 is 5.43 Å². The Morgan fingerprint density at radius 2 is 1.82 bits per heavy atom. The molecule has 0 aliphatic heterocycles. The van der Waals surface area contributed by atoms with Gasteiger partial charge in [-0.25, -0.2) is 0 Å². The number of rotatable bonds is 4. The highest BCUT2D eigenvalue weighted by Gasteiger charge is 2.08. The van der Waals surface area contributed by atoms with E-state index in [-0.39, 0.29) is 11.7 Å². The standard InChI is InChI=1S/C12H13N3O2/c1-10(13-14-8-2-3-9-14)11-4-6-12(7-5-11)15(16)17/h2-10,13H,1H3. The van der Waals surface area contributed by atoms with Crippen LogP contribution in [0.3, 0.4) is 0 Å². The maximum atomic E-state index is 10.5. The molecule has 1 atom stereocenters. The summed E-state index contributed by atoms with van der Waals surface area (Å²) in [7, 11) is 0. The van der Waals surface area contributed by atoms with Crippen molar-refractivity contribution in [1.29, 1.82) is 0 Å². The summed E-state index contributed by atoms with van der Waals surface area (Å²) in [5.74, 6) is 0. The van der Waals surface area contributed by atoms with Crippen LogP contribution in [0.5, 0.6) is 0 Å². The van der Waals surface area contributed by atoms with Gasteiger partial charge in [-0.3, -0.25) is 14.8 Å². The van der Waals surface area contributed by atoms with Crippen molar-refractivity contribution in [2.24, 2.45) is 0 Å². The second-order valence-corrected chi connectivity index (χ2v) is 3.79. The molecular formula is C12H13N3O2. The number of nitro groups is 1. The summed E-state index contributed by atoms with van der Waals surface area (Å²) in [6.07, 6.45) is 3.81. The average Bonchev–Trinajstić information content (AvgIpc) is 2.82. The summed E-state index contributed by atoms with van der Waals surface area (Å²) in [5.41, 5.74) is 4.35. The Morgan fingerprint density at radius 3 is 2.35 bits per heavy atom. The Kier molecular flexibility index (Phi) is 3.09. The molecule has 0 bridgehead atoms. The molecule has 17 heavy (non-hydrogen) atoms. The quantitative estimate of drug-likeness (QED) is 0.650. The molecule has 2 rings (SSSR count). The first-order valence-electron chi connectivity index (χ1n) is 5.30. The van der Waals surface area contributed by atoms with Crippen LogP contribution in [0.25, 0.3) is 0 Å². The number of nitrogens with one attached hydrogen (secondary N) is 1. The van der Waals surface area contributed by atoms with Crippen LogP contribution in [-0.2, 0) is 0 Å². The minimum absolute atomic E-state index is 0.0863. The summed E-state index contributed by atoms with van der Waals surface area (Å²) in [6, 6.07) is 10.5. The van der Waals surface area contributed by atoms with Crippen LogP contribution in [0.15, 0.2) is 48.8 Å². The number of benzene rings is 1. The molecule has 1 aromatic carbocycles. The lowest BCUT2D eigenvalue weighted by atomic mass is 10.1. The first-order chi connectivity index (χ1) is 8.16. The number of nitro benzene ring substituents is 1. The van der Waals surface area contributed by atoms with Gasteiger partial charge >= 0.3 is 0 Å². The third-order valence-corrected chi connectivity index (χ3v) is 2.55. The van der Waals surface area contributed by atoms with Gasteiger partial charge in [-0.1, -0.05) is 12.1 Å². The molecule has 1 N–H and O–H groups in total. The highest BCUT2D eigenvalue weighted by molar-refractivity contribution is 5.34. The Balaban J connectivity index is 2.09. The lowest BCUT2D eigenvalue weighted by Gasteiger charge is -2.16. The van der Waals surface area contributed by atoms with Crippen molar-refractivity contribution in [3.8, 4) is 0 Å². The fourth-order valence-electron chi connectivity index (χ4n) is 1.60. The molecular weight excluding hydrogens is 218 g/mol. The molecule has 1 heterocycles. The van der Waals surface area contributed by atoms with Gasteiger partial charge in [-0.05, 0) is 24.6 Å². The Bertz CT molecular complexity index is 491. The van der Waals surface area contributed by atoms with Gasteiger partial charge in [0.05, 0.1) is 11.0 Å². The monoisotopic (exact) mass is 231 g/mol. The average molecular weight is 231 g/mol. The largest absolute Gasteiger partial charge is 0.319 e. The molecule has 0 saturated carbocycles. The molecule has 5 nitrogen and oxygen atoms in total. The van der Waals surface area contributed by atoms with E-state index in [1.165, 1.54) is 12.1 Å². The van der Waals surface area contributed by atoms with Gasteiger partial charge in [0.15, 0.2) is 0 Å². The SMILES string of the molecule is CC(Nn1cccc1)c1ccc([N+](=O)[O-])cc1. The molecule has 0 amide bonds. The predicted octanol–water partition coefficient (Wildman–Crippen LogP) is 2.70. The van der Waals surface area contributed by atoms with Gasteiger partial charge in [0.2, 0.25) is 0 Å². The molecule has 5 heteroatoms. The lowest BCUT2D eigenvalue weighted by molar-refractivity contribution is -0.384. The summed E-state index contributed by atoms with van der Waals surface area (Å²) >= 11 is 0. The maximum Gasteiger partial charge on any atom is 0.269 e. The molecule has 1 unspecified atom stereocenters. The summed E-state index contributed by atoms with van der Waals surface area (Å²) in [5, 5.41) is 10.5. The molecule has 88 valence electrons. The van der Waals surface area contributed by atoms with Gasteiger partial charge in [0.25, 0.3) is 5.69 Å². The Hall–Kier alpha value is -2.30. The number of hydrogen-bond acceptors (Lipinski definition) is 3. The third-order valence-electron chi connectivity index (χ3n) is 2.55. The fraction of sp³-hybridized carbons (Fsp3) is 0.167. The number of nitrogens with zero attached hydrogens (tertiary/aromatic N) is 2. The number of hydrogen-bond donors (Lipinski definition) is 1. The van der Waals surface area contributed by atoms with E-state index in [0.29, 0.717) is 0 Å². The number of aromatic nitrogens is 1. The van der Waals surface area contributed by atoms with Gasteiger partial charge in [0.1, 0.15) is 0 Å². The second kappa shape index (κ2) is 4.69. The molecule has 0 saturated heterocycles. The molecule has 0 aliphatic carbocycles. The highest BCUT2D eigenvalue weighted by atomic mass is 16.6. The lowest BCUT2D eigenvalue weighted by Crippen LogP contribution is -2.16. The van der Waals surface area contributed by atoms with E-state index in [0.717, 1.165) is 5.56 Å². The fourth-order valence-corrected chi connectivity index (χ4v) is 1.60. The normalized spacial score (nSPS) is 12.1. The molecule has 0 radical (unpaired) electrons. The maximum absolute atomic E-state index is 10.5. The van der Waals surface area contributed by atoms with Crippen molar-refractivity contribution >= 4 is 5.69 Å². The molecule has 0 fully saturated rings. The van der Waals surface area contributed by atoms with Gasteiger partial charge in [-0.15, -0.1) is 0 Å². The Labute approximate surface area is 98.8 Å². The van der Waals surface area contributed by atoms with Gasteiger partial charge in [0, 0.05) is 24.5 Å². The van der Waals surface area contributed by atoms with Crippen LogP contribution in [0.4, 0.5) is 5.69 Å². The van der Waals surface area contributed by atoms with E-state index in [2.05, 4.69) is 5.43 Å². The van der Waals surface area contributed by atoms with Crippen LogP contribution in [0.1, 0.15) is 18.5 Å². The summed E-state index contributed by atoms with van der Waals surface area (Å²) in [6.45, 7) is 2.00. The van der Waals surface area contributed by atoms with E-state index in [1.807, 2.05) is 36.1 Å². The first-order valence-corrected chi connectivity index (χ1v) is 5.30. The Morgan fingerprint density at radius 1 is 1.24 bits per heavy atom. The molecule has 2 aromatic rings. The molecule has 1 aromatic heterocycles. The summed E-state index contributed by atoms with van der Waals surface area (Å²) in [4.78, 5) is 10.1. The summed E-state index contributed by atoms with van der Waals surface area (Å²) < 4.78 is 1.85. The molecule has 0 aliphatic rings. The van der Waals surface area contributed by atoms with Crippen LogP contribution in [-0.4, -0.2) is 9.60 Å². The van der Waals surface area contributed by atoms with Crippen molar-refractivity contribution < 1.29 is 4.92 Å². The second-order valence-electron chi connectivity index (χ2n) is 3.79. The van der Waals surface area contributed by atoms with E-state index in [9.17, 15) is 10.1 Å². The van der Waals surface area contributed by atoms with E-state index in [1.54, 1.807) is 12.1 Å². The van der Waals surface area contributed by atoms with Gasteiger partial charge in [-0.2, -0.15) is 0 Å². The van der Waals surface area contributed by atoms with E-state index >= 15 is 0 Å². The number of non-ortho nitro benzene ring substituents is 1. The zero-order valence-corrected chi connectivity index (χ0v) is 9.41. The molecule has 0 spiro atoms. The highest BCUT2D eigenvalue weighted by Crippen LogP contribution is 2.18. The third kappa shape index (κ3) is 2.63. The minimum Gasteiger partial charge on any atom is -0.319 e. The van der Waals surface area contributed by atoms with Crippen molar-refractivity contribution in [1.82, 2.24) is 4.68 Å². The van der Waals surface area contributed by atoms with Crippen LogP contribution < -0.4 is 5.43 Å². The van der Waals surface area contributed by atoms with Crippen molar-refractivity contribution in [2.75, 3.05) is 5.43 Å². The van der Waals surface area contributed by atoms with Crippen molar-refractivity contribution in [2.45, 2.75) is 13.0 Å². The zero-order valence-electron chi connectivity index (χ0n) is 9.41. The zero-order chi connectivity index (χ0) is 12.3. The van der Waals surface area contributed by atoms with Crippen LogP contribution >= 0.6 is 0 Å². The van der Waals surface area contributed by atoms with Crippen molar-refractivity contribution in [3.05, 3.63) is 64.5 Å². The van der Waals surface area contributed by atoms with E-state index < -0.39 is 4.92 Å². The van der Waals surface area contributed by atoms with Crippen molar-refractivity contribution in [3.63, 3.8) is 0 Å².